The number of nitrogens with zero attached hydrogens (tertiary/aromatic N) is 6. The molecule has 0 radical (unpaired) electrons. The van der Waals surface area contributed by atoms with Crippen LogP contribution in [-0.2, 0) is 13.0 Å². The van der Waals surface area contributed by atoms with Crippen LogP contribution in [0.25, 0.3) is 11.4 Å². The fourth-order valence-electron chi connectivity index (χ4n) is 3.09. The number of aromatic nitrogens is 5. The Balaban J connectivity index is 1.59. The van der Waals surface area contributed by atoms with Gasteiger partial charge in [-0.2, -0.15) is 5.10 Å². The first-order valence-corrected chi connectivity index (χ1v) is 8.32. The van der Waals surface area contributed by atoms with Gasteiger partial charge in [0.1, 0.15) is 18.0 Å². The van der Waals surface area contributed by atoms with E-state index >= 15 is 0 Å². The molecule has 2 aromatic heterocycles. The standard InChI is InChI=1S/C17H17N7O2/c1-11-7-15(21-13-5-6-16-18-10-19-23(16)9-13)22-17(20-11)12-3-2-4-14(8-12)24(25)26/h2-4,7-8,10,13H,5-6,9H2,1H3,(H,20,21,22). The molecule has 0 bridgehead atoms. The number of anilines is 1. The van der Waals surface area contributed by atoms with Crippen molar-refractivity contribution in [2.75, 3.05) is 5.32 Å². The molecule has 0 amide bonds. The monoisotopic (exact) mass is 351 g/mol. The van der Waals surface area contributed by atoms with Crippen LogP contribution in [0.2, 0.25) is 0 Å². The van der Waals surface area contributed by atoms with Crippen molar-refractivity contribution in [3.8, 4) is 11.4 Å². The van der Waals surface area contributed by atoms with Gasteiger partial charge in [0, 0.05) is 41.9 Å². The van der Waals surface area contributed by atoms with Gasteiger partial charge in [0.25, 0.3) is 5.69 Å². The fraction of sp³-hybridized carbons (Fsp3) is 0.294. The molecule has 4 rings (SSSR count). The van der Waals surface area contributed by atoms with Crippen LogP contribution in [0.15, 0.2) is 36.7 Å². The van der Waals surface area contributed by atoms with Gasteiger partial charge in [0.2, 0.25) is 0 Å². The summed E-state index contributed by atoms with van der Waals surface area (Å²) in [5.41, 5.74) is 1.43. The van der Waals surface area contributed by atoms with Gasteiger partial charge < -0.3 is 5.32 Å². The number of benzene rings is 1. The van der Waals surface area contributed by atoms with Crippen molar-refractivity contribution in [3.63, 3.8) is 0 Å². The molecule has 0 fully saturated rings. The first-order valence-electron chi connectivity index (χ1n) is 8.32. The van der Waals surface area contributed by atoms with Crippen molar-refractivity contribution in [3.05, 3.63) is 58.3 Å². The number of nitrogens with one attached hydrogen (secondary N) is 1. The first kappa shape index (κ1) is 16.1. The van der Waals surface area contributed by atoms with Crippen molar-refractivity contribution in [1.29, 1.82) is 0 Å². The fourth-order valence-corrected chi connectivity index (χ4v) is 3.09. The number of nitro benzene ring substituents is 1. The Morgan fingerprint density at radius 3 is 3.04 bits per heavy atom. The van der Waals surface area contributed by atoms with Crippen LogP contribution in [0, 0.1) is 17.0 Å². The van der Waals surface area contributed by atoms with Gasteiger partial charge >= 0.3 is 0 Å². The van der Waals surface area contributed by atoms with Crippen molar-refractivity contribution in [1.82, 2.24) is 24.7 Å². The van der Waals surface area contributed by atoms with Gasteiger partial charge in [-0.1, -0.05) is 12.1 Å². The summed E-state index contributed by atoms with van der Waals surface area (Å²) < 4.78 is 1.90. The lowest BCUT2D eigenvalue weighted by molar-refractivity contribution is -0.384. The Hall–Kier alpha value is -3.36. The summed E-state index contributed by atoms with van der Waals surface area (Å²) in [6, 6.07) is 8.42. The van der Waals surface area contributed by atoms with Crippen molar-refractivity contribution >= 4 is 11.5 Å². The predicted molar refractivity (Wildman–Crippen MR) is 94.6 cm³/mol. The molecule has 0 saturated heterocycles. The van der Waals surface area contributed by atoms with Gasteiger partial charge in [-0.25, -0.2) is 19.6 Å². The number of non-ortho nitro benzene ring substituents is 1. The molecular weight excluding hydrogens is 334 g/mol. The van der Waals surface area contributed by atoms with E-state index in [1.165, 1.54) is 12.1 Å². The molecule has 1 aromatic carbocycles. The number of fused-ring (bicyclic) bond motifs is 1. The summed E-state index contributed by atoms with van der Waals surface area (Å²) in [5.74, 6) is 2.17. The molecule has 9 heteroatoms. The second-order valence-corrected chi connectivity index (χ2v) is 6.26. The van der Waals surface area contributed by atoms with Crippen LogP contribution < -0.4 is 5.32 Å². The Labute approximate surface area is 149 Å². The van der Waals surface area contributed by atoms with Crippen LogP contribution >= 0.6 is 0 Å². The zero-order chi connectivity index (χ0) is 18.1. The van der Waals surface area contributed by atoms with Crippen molar-refractivity contribution < 1.29 is 4.92 Å². The van der Waals surface area contributed by atoms with Gasteiger partial charge in [0.15, 0.2) is 5.82 Å². The smallest absolute Gasteiger partial charge is 0.270 e. The Bertz CT molecular complexity index is 969. The van der Waals surface area contributed by atoms with E-state index < -0.39 is 4.92 Å². The van der Waals surface area contributed by atoms with Crippen molar-refractivity contribution in [2.45, 2.75) is 32.4 Å². The van der Waals surface area contributed by atoms with Gasteiger partial charge in [-0.15, -0.1) is 0 Å². The van der Waals surface area contributed by atoms with E-state index in [9.17, 15) is 10.1 Å². The molecule has 3 heterocycles. The lowest BCUT2D eigenvalue weighted by atomic mass is 10.1. The van der Waals surface area contributed by atoms with Crippen LogP contribution in [0.3, 0.4) is 0 Å². The molecule has 1 unspecified atom stereocenters. The summed E-state index contributed by atoms with van der Waals surface area (Å²) in [4.78, 5) is 23.8. The first-order chi connectivity index (χ1) is 12.6. The van der Waals surface area contributed by atoms with Gasteiger partial charge in [-0.3, -0.25) is 10.1 Å². The second kappa shape index (κ2) is 6.51. The molecule has 3 aromatic rings. The lowest BCUT2D eigenvalue weighted by Crippen LogP contribution is -2.32. The minimum absolute atomic E-state index is 0.0214. The number of hydrogen-bond acceptors (Lipinski definition) is 7. The molecule has 132 valence electrons. The summed E-state index contributed by atoms with van der Waals surface area (Å²) in [7, 11) is 0. The van der Waals surface area contributed by atoms with E-state index in [0.717, 1.165) is 30.9 Å². The molecule has 1 aliphatic heterocycles. The van der Waals surface area contributed by atoms with Crippen LogP contribution in [0.5, 0.6) is 0 Å². The van der Waals surface area contributed by atoms with E-state index in [1.807, 2.05) is 17.7 Å². The number of aryl methyl sites for hydroxylation is 2. The Morgan fingerprint density at radius 2 is 2.19 bits per heavy atom. The minimum Gasteiger partial charge on any atom is -0.365 e. The highest BCUT2D eigenvalue weighted by Crippen LogP contribution is 2.23. The minimum atomic E-state index is -0.420. The van der Waals surface area contributed by atoms with E-state index in [4.69, 9.17) is 0 Å². The SMILES string of the molecule is Cc1cc(NC2CCc3ncnn3C2)nc(-c2cccc([N+](=O)[O-])c2)n1. The molecule has 9 nitrogen and oxygen atoms in total. The maximum Gasteiger partial charge on any atom is 0.270 e. The number of nitro groups is 1. The highest BCUT2D eigenvalue weighted by Gasteiger charge is 2.20. The lowest BCUT2D eigenvalue weighted by Gasteiger charge is -2.24. The third-order valence-electron chi connectivity index (χ3n) is 4.33. The zero-order valence-electron chi connectivity index (χ0n) is 14.2. The Kier molecular flexibility index (Phi) is 4.04. The molecule has 0 saturated carbocycles. The third-order valence-corrected chi connectivity index (χ3v) is 4.33. The van der Waals surface area contributed by atoms with E-state index in [2.05, 4.69) is 25.4 Å². The van der Waals surface area contributed by atoms with E-state index in [1.54, 1.807) is 18.5 Å². The molecule has 1 N–H and O–H groups in total. The van der Waals surface area contributed by atoms with Gasteiger partial charge in [-0.05, 0) is 13.3 Å². The molecule has 0 spiro atoms. The zero-order valence-corrected chi connectivity index (χ0v) is 14.2. The summed E-state index contributed by atoms with van der Waals surface area (Å²) in [6.07, 6.45) is 3.38. The average Bonchev–Trinajstić information content (AvgIpc) is 3.09. The molecule has 1 aliphatic rings. The molecule has 1 atom stereocenters. The van der Waals surface area contributed by atoms with Crippen molar-refractivity contribution in [2.24, 2.45) is 0 Å². The van der Waals surface area contributed by atoms with Gasteiger partial charge in [0.05, 0.1) is 11.5 Å². The van der Waals surface area contributed by atoms with Crippen LogP contribution in [0.4, 0.5) is 11.5 Å². The van der Waals surface area contributed by atoms with Crippen LogP contribution in [0.1, 0.15) is 17.9 Å². The normalized spacial score (nSPS) is 16.1. The summed E-state index contributed by atoms with van der Waals surface area (Å²) in [5, 5.41) is 18.7. The maximum atomic E-state index is 11.0. The van der Waals surface area contributed by atoms with E-state index in [0.29, 0.717) is 17.2 Å². The maximum absolute atomic E-state index is 11.0. The highest BCUT2D eigenvalue weighted by molar-refractivity contribution is 5.61. The highest BCUT2D eigenvalue weighted by atomic mass is 16.6. The van der Waals surface area contributed by atoms with Crippen LogP contribution in [-0.4, -0.2) is 35.7 Å². The third kappa shape index (κ3) is 3.23. The van der Waals surface area contributed by atoms with E-state index in [-0.39, 0.29) is 11.7 Å². The molecule has 0 aliphatic carbocycles. The average molecular weight is 351 g/mol. The number of hydrogen-bond donors (Lipinski definition) is 1. The molecule has 26 heavy (non-hydrogen) atoms. The molecular formula is C17H17N7O2. The summed E-state index contributed by atoms with van der Waals surface area (Å²) >= 11 is 0. The predicted octanol–water partition coefficient (Wildman–Crippen LogP) is 2.38. The topological polar surface area (TPSA) is 112 Å². The Morgan fingerprint density at radius 1 is 1.31 bits per heavy atom. The summed E-state index contributed by atoms with van der Waals surface area (Å²) in [6.45, 7) is 2.61. The largest absolute Gasteiger partial charge is 0.365 e. The number of rotatable bonds is 4. The second-order valence-electron chi connectivity index (χ2n) is 6.26. The quantitative estimate of drug-likeness (QED) is 0.567.